The molecule has 0 radical (unpaired) electrons. The van der Waals surface area contributed by atoms with Gasteiger partial charge in [0.15, 0.2) is 0 Å². The summed E-state index contributed by atoms with van der Waals surface area (Å²) in [5.41, 5.74) is -0.185. The molecule has 22 heavy (non-hydrogen) atoms. The number of methoxy groups -OCH3 is 1. The molecule has 124 valence electrons. The molecule has 0 aromatic heterocycles. The number of amides is 1. The molecule has 0 bridgehead atoms. The third kappa shape index (κ3) is 7.88. The molecule has 1 N–H and O–H groups in total. The van der Waals surface area contributed by atoms with Crippen LogP contribution in [0.1, 0.15) is 27.2 Å². The maximum absolute atomic E-state index is 11.8. The van der Waals surface area contributed by atoms with Crippen LogP contribution in [0.25, 0.3) is 0 Å². The number of carbonyl (C=O) groups is 1. The Morgan fingerprint density at radius 3 is 2.32 bits per heavy atom. The zero-order valence-electron chi connectivity index (χ0n) is 14.3. The first-order valence-corrected chi connectivity index (χ1v) is 7.56. The van der Waals surface area contributed by atoms with Crippen molar-refractivity contribution in [3.63, 3.8) is 0 Å². The molecule has 0 saturated carbocycles. The van der Waals surface area contributed by atoms with Crippen molar-refractivity contribution in [2.45, 2.75) is 32.7 Å². The Labute approximate surface area is 133 Å². The van der Waals surface area contributed by atoms with Gasteiger partial charge in [-0.15, -0.1) is 0 Å². The summed E-state index contributed by atoms with van der Waals surface area (Å²) in [5, 5.41) is 2.95. The lowest BCUT2D eigenvalue weighted by Crippen LogP contribution is -2.45. The Morgan fingerprint density at radius 2 is 1.77 bits per heavy atom. The van der Waals surface area contributed by atoms with Crippen LogP contribution in [0.5, 0.6) is 11.5 Å². The molecule has 0 aliphatic rings. The van der Waals surface area contributed by atoms with Crippen LogP contribution < -0.4 is 14.8 Å². The molecular formula is C17H28N2O3. The minimum absolute atomic E-state index is 0.0473. The van der Waals surface area contributed by atoms with E-state index in [1.165, 1.54) is 0 Å². The van der Waals surface area contributed by atoms with Gasteiger partial charge in [-0.25, -0.2) is 0 Å². The summed E-state index contributed by atoms with van der Waals surface area (Å²) in [4.78, 5) is 13.8. The van der Waals surface area contributed by atoms with Gasteiger partial charge in [-0.1, -0.05) is 0 Å². The first-order chi connectivity index (χ1) is 10.3. The molecule has 0 aliphatic carbocycles. The van der Waals surface area contributed by atoms with Crippen LogP contribution in [0.15, 0.2) is 24.3 Å². The molecule has 5 heteroatoms. The lowest BCUT2D eigenvalue weighted by Gasteiger charge is -2.23. The number of likely N-dealkylation sites (N-methyl/N-ethyl adjacent to an activating group) is 1. The van der Waals surface area contributed by atoms with E-state index in [4.69, 9.17) is 9.47 Å². The Kier molecular flexibility index (Phi) is 7.18. The standard InChI is InChI=1S/C17H28N2O3/c1-17(2,3)18-16(20)13-19(4)11-6-12-22-15-9-7-14(21-5)8-10-15/h7-10H,6,11-13H2,1-5H3,(H,18,20). The van der Waals surface area contributed by atoms with Crippen LogP contribution in [0.2, 0.25) is 0 Å². The fraction of sp³-hybridized carbons (Fsp3) is 0.588. The summed E-state index contributed by atoms with van der Waals surface area (Å²) in [6, 6.07) is 7.52. The molecule has 0 unspecified atom stereocenters. The topological polar surface area (TPSA) is 50.8 Å². The maximum Gasteiger partial charge on any atom is 0.234 e. The molecule has 1 rings (SSSR count). The Hall–Kier alpha value is -1.75. The third-order valence-corrected chi connectivity index (χ3v) is 2.94. The molecule has 1 aromatic rings. The number of nitrogens with one attached hydrogen (secondary N) is 1. The van der Waals surface area contributed by atoms with Crippen molar-refractivity contribution in [2.75, 3.05) is 33.9 Å². The minimum atomic E-state index is -0.185. The molecule has 0 heterocycles. The van der Waals surface area contributed by atoms with E-state index in [0.717, 1.165) is 24.5 Å². The number of benzene rings is 1. The maximum atomic E-state index is 11.8. The van der Waals surface area contributed by atoms with Gasteiger partial charge in [0, 0.05) is 12.1 Å². The first-order valence-electron chi connectivity index (χ1n) is 7.56. The minimum Gasteiger partial charge on any atom is -0.497 e. The smallest absolute Gasteiger partial charge is 0.234 e. The van der Waals surface area contributed by atoms with E-state index in [9.17, 15) is 4.79 Å². The summed E-state index contributed by atoms with van der Waals surface area (Å²) in [6.45, 7) is 7.78. The van der Waals surface area contributed by atoms with E-state index in [2.05, 4.69) is 5.32 Å². The molecule has 0 atom stereocenters. The highest BCUT2D eigenvalue weighted by molar-refractivity contribution is 5.78. The fourth-order valence-corrected chi connectivity index (χ4v) is 1.98. The van der Waals surface area contributed by atoms with Gasteiger partial charge in [0.05, 0.1) is 20.3 Å². The van der Waals surface area contributed by atoms with Crippen LogP contribution in [-0.2, 0) is 4.79 Å². The summed E-state index contributed by atoms with van der Waals surface area (Å²) in [7, 11) is 3.58. The van der Waals surface area contributed by atoms with Gasteiger partial charge in [-0.05, 0) is 58.5 Å². The Morgan fingerprint density at radius 1 is 1.18 bits per heavy atom. The lowest BCUT2D eigenvalue weighted by atomic mass is 10.1. The summed E-state index contributed by atoms with van der Waals surface area (Å²) in [5.74, 6) is 1.69. The van der Waals surface area contributed by atoms with Crippen molar-refractivity contribution in [2.24, 2.45) is 0 Å². The number of carbonyl (C=O) groups excluding carboxylic acids is 1. The van der Waals surface area contributed by atoms with Crippen LogP contribution in [0, 0.1) is 0 Å². The molecule has 0 saturated heterocycles. The lowest BCUT2D eigenvalue weighted by molar-refractivity contribution is -0.123. The van der Waals surface area contributed by atoms with Crippen molar-refractivity contribution in [3.05, 3.63) is 24.3 Å². The van der Waals surface area contributed by atoms with Crippen molar-refractivity contribution in [1.29, 1.82) is 0 Å². The van der Waals surface area contributed by atoms with Crippen LogP contribution >= 0.6 is 0 Å². The van der Waals surface area contributed by atoms with Gasteiger partial charge >= 0.3 is 0 Å². The van der Waals surface area contributed by atoms with Crippen LogP contribution in [0.3, 0.4) is 0 Å². The number of rotatable bonds is 8. The van der Waals surface area contributed by atoms with E-state index >= 15 is 0 Å². The molecule has 1 aromatic carbocycles. The van der Waals surface area contributed by atoms with Crippen LogP contribution in [0.4, 0.5) is 0 Å². The average molecular weight is 308 g/mol. The van der Waals surface area contributed by atoms with Gasteiger partial charge in [-0.2, -0.15) is 0 Å². The van der Waals surface area contributed by atoms with Gasteiger partial charge in [0.1, 0.15) is 11.5 Å². The summed E-state index contributed by atoms with van der Waals surface area (Å²) < 4.78 is 10.8. The molecular weight excluding hydrogens is 280 g/mol. The second kappa shape index (κ2) is 8.63. The number of hydrogen-bond donors (Lipinski definition) is 1. The number of hydrogen-bond acceptors (Lipinski definition) is 4. The van der Waals surface area contributed by atoms with E-state index in [1.54, 1.807) is 7.11 Å². The second-order valence-electron chi connectivity index (χ2n) is 6.41. The van der Waals surface area contributed by atoms with Crippen LogP contribution in [-0.4, -0.2) is 50.2 Å². The monoisotopic (exact) mass is 308 g/mol. The SMILES string of the molecule is COc1ccc(OCCCN(C)CC(=O)NC(C)(C)C)cc1. The first kappa shape index (κ1) is 18.3. The highest BCUT2D eigenvalue weighted by Crippen LogP contribution is 2.16. The van der Waals surface area contributed by atoms with Crippen molar-refractivity contribution >= 4 is 5.91 Å². The highest BCUT2D eigenvalue weighted by atomic mass is 16.5. The number of nitrogens with zero attached hydrogens (tertiary/aromatic N) is 1. The summed E-state index contributed by atoms with van der Waals surface area (Å²) in [6.07, 6.45) is 0.866. The largest absolute Gasteiger partial charge is 0.497 e. The molecule has 1 amide bonds. The van der Waals surface area contributed by atoms with E-state index in [1.807, 2.05) is 57.0 Å². The van der Waals surface area contributed by atoms with E-state index < -0.39 is 0 Å². The van der Waals surface area contributed by atoms with Gasteiger partial charge in [-0.3, -0.25) is 9.69 Å². The fourth-order valence-electron chi connectivity index (χ4n) is 1.98. The van der Waals surface area contributed by atoms with E-state index in [-0.39, 0.29) is 11.4 Å². The Balaban J connectivity index is 2.19. The zero-order valence-corrected chi connectivity index (χ0v) is 14.3. The molecule has 0 fully saturated rings. The number of ether oxygens (including phenoxy) is 2. The van der Waals surface area contributed by atoms with E-state index in [0.29, 0.717) is 13.2 Å². The highest BCUT2D eigenvalue weighted by Gasteiger charge is 2.14. The quantitative estimate of drug-likeness (QED) is 0.749. The normalized spacial score (nSPS) is 11.4. The van der Waals surface area contributed by atoms with Gasteiger partial charge < -0.3 is 14.8 Å². The Bertz CT molecular complexity index is 452. The summed E-state index contributed by atoms with van der Waals surface area (Å²) >= 11 is 0. The predicted molar refractivity (Wildman–Crippen MR) is 88.5 cm³/mol. The second-order valence-corrected chi connectivity index (χ2v) is 6.41. The molecule has 0 spiro atoms. The van der Waals surface area contributed by atoms with Gasteiger partial charge in [0.25, 0.3) is 0 Å². The average Bonchev–Trinajstić information content (AvgIpc) is 2.42. The van der Waals surface area contributed by atoms with Gasteiger partial charge in [0.2, 0.25) is 5.91 Å². The van der Waals surface area contributed by atoms with Crippen molar-refractivity contribution < 1.29 is 14.3 Å². The predicted octanol–water partition coefficient (Wildman–Crippen LogP) is 2.31. The molecule has 5 nitrogen and oxygen atoms in total. The molecule has 0 aliphatic heterocycles. The van der Waals surface area contributed by atoms with Crippen molar-refractivity contribution in [1.82, 2.24) is 10.2 Å². The third-order valence-electron chi connectivity index (χ3n) is 2.94. The van der Waals surface area contributed by atoms with Crippen molar-refractivity contribution in [3.8, 4) is 11.5 Å². The zero-order chi connectivity index (χ0) is 16.6.